The first kappa shape index (κ1) is 69.7. The molecule has 0 radical (unpaired) electrons. The second kappa shape index (κ2) is 54.9. The Bertz CT molecular complexity index is 1450. The lowest BCUT2D eigenvalue weighted by Crippen LogP contribution is -2.47. The molecule has 74 heavy (non-hydrogen) atoms. The number of hydrogen-bond acceptors (Lipinski definition) is 10. The van der Waals surface area contributed by atoms with E-state index in [4.69, 9.17) is 18.9 Å². The minimum atomic E-state index is -0.827. The first-order valence-electron chi connectivity index (χ1n) is 29.3. The minimum Gasteiger partial charge on any atom is -0.464 e. The van der Waals surface area contributed by atoms with Gasteiger partial charge in [0, 0.05) is 58.9 Å². The van der Waals surface area contributed by atoms with Crippen molar-refractivity contribution in [3.8, 4) is 0 Å². The molecular formula is C60H106N4O10. The van der Waals surface area contributed by atoms with Gasteiger partial charge in [0.15, 0.2) is 0 Å². The topological polar surface area (TPSA) is 179 Å². The third-order valence-electron chi connectivity index (χ3n) is 12.3. The van der Waals surface area contributed by atoms with Crippen LogP contribution in [0.4, 0.5) is 0 Å². The Morgan fingerprint density at radius 1 is 0.446 bits per heavy atom. The highest BCUT2D eigenvalue weighted by molar-refractivity contribution is 5.89. The van der Waals surface area contributed by atoms with Crippen LogP contribution in [0, 0.1) is 0 Å². The Morgan fingerprint density at radius 2 is 0.919 bits per heavy atom. The summed E-state index contributed by atoms with van der Waals surface area (Å²) in [7, 11) is 0. The van der Waals surface area contributed by atoms with Crippen molar-refractivity contribution in [3.05, 3.63) is 48.6 Å². The quantitative estimate of drug-likeness (QED) is 0.0302. The highest BCUT2D eigenvalue weighted by Gasteiger charge is 2.22. The summed E-state index contributed by atoms with van der Waals surface area (Å²) in [6.45, 7) is 11.0. The largest absolute Gasteiger partial charge is 0.464 e. The summed E-state index contributed by atoms with van der Waals surface area (Å²) in [5, 5.41) is 8.44. The molecule has 4 amide bonds. The number of esters is 2. The summed E-state index contributed by atoms with van der Waals surface area (Å²) >= 11 is 0. The van der Waals surface area contributed by atoms with Gasteiger partial charge in [-0.3, -0.25) is 28.8 Å². The van der Waals surface area contributed by atoms with E-state index >= 15 is 0 Å². The number of nitrogens with zero attached hydrogens (tertiary/aromatic N) is 1. The Hall–Kier alpha value is -4.30. The van der Waals surface area contributed by atoms with Crippen LogP contribution in [-0.4, -0.2) is 112 Å². The molecule has 3 N–H and O–H groups in total. The Labute approximate surface area is 449 Å². The summed E-state index contributed by atoms with van der Waals surface area (Å²) < 4.78 is 22.1. The Balaban J connectivity index is 5.08. The van der Waals surface area contributed by atoms with E-state index in [2.05, 4.69) is 78.4 Å². The molecule has 0 unspecified atom stereocenters. The molecule has 0 bridgehead atoms. The summed E-state index contributed by atoms with van der Waals surface area (Å²) in [5.41, 5.74) is 0. The van der Waals surface area contributed by atoms with Crippen molar-refractivity contribution in [1.29, 1.82) is 0 Å². The third-order valence-corrected chi connectivity index (χ3v) is 12.3. The summed E-state index contributed by atoms with van der Waals surface area (Å²) in [5.74, 6) is -1.93. The fourth-order valence-corrected chi connectivity index (χ4v) is 7.83. The molecule has 0 aromatic carbocycles. The highest BCUT2D eigenvalue weighted by Crippen LogP contribution is 2.12. The third kappa shape index (κ3) is 49.9. The predicted octanol–water partition coefficient (Wildman–Crippen LogP) is 12.0. The molecule has 0 spiro atoms. The zero-order valence-corrected chi connectivity index (χ0v) is 47.2. The number of amides is 4. The van der Waals surface area contributed by atoms with Gasteiger partial charge in [0.25, 0.3) is 0 Å². The minimum absolute atomic E-state index is 0.0185. The monoisotopic (exact) mass is 1040 g/mol. The van der Waals surface area contributed by atoms with Crippen molar-refractivity contribution < 1.29 is 47.7 Å². The van der Waals surface area contributed by atoms with Crippen molar-refractivity contribution in [3.63, 3.8) is 0 Å². The molecule has 0 aromatic rings. The molecule has 0 rings (SSSR count). The number of rotatable bonds is 53. The van der Waals surface area contributed by atoms with Crippen LogP contribution < -0.4 is 16.0 Å². The van der Waals surface area contributed by atoms with Crippen molar-refractivity contribution in [1.82, 2.24) is 20.9 Å². The van der Waals surface area contributed by atoms with E-state index in [9.17, 15) is 28.8 Å². The second-order valence-corrected chi connectivity index (χ2v) is 19.3. The SMILES string of the molecule is CCCCC/C=C\C/C=C\CCCCCCCC(=O)OCCN(CCOC(=O)CCCCCCC/C=C\C/C=C\CCCCC)C(=O)CCC(=O)N[C@@H](CCCCNC(C)=O)C(=O)NCCCOCCOCCC. The van der Waals surface area contributed by atoms with E-state index < -0.39 is 11.9 Å². The lowest BCUT2D eigenvalue weighted by Gasteiger charge is -2.23. The molecule has 0 aliphatic heterocycles. The van der Waals surface area contributed by atoms with Crippen LogP contribution in [0.3, 0.4) is 0 Å². The van der Waals surface area contributed by atoms with Gasteiger partial charge in [0.1, 0.15) is 19.3 Å². The maximum atomic E-state index is 13.6. The van der Waals surface area contributed by atoms with Gasteiger partial charge in [-0.2, -0.15) is 0 Å². The fourth-order valence-electron chi connectivity index (χ4n) is 7.83. The molecule has 0 saturated heterocycles. The van der Waals surface area contributed by atoms with Crippen molar-refractivity contribution in [2.75, 3.05) is 65.8 Å². The molecule has 14 nitrogen and oxygen atoms in total. The van der Waals surface area contributed by atoms with Gasteiger partial charge >= 0.3 is 11.9 Å². The normalized spacial score (nSPS) is 12.0. The lowest BCUT2D eigenvalue weighted by molar-refractivity contribution is -0.148. The number of carbonyl (C=O) groups is 6. The lowest BCUT2D eigenvalue weighted by atomic mass is 10.1. The molecule has 14 heteroatoms. The number of ether oxygens (including phenoxy) is 4. The van der Waals surface area contributed by atoms with Gasteiger partial charge in [0.2, 0.25) is 23.6 Å². The number of hydrogen-bond donors (Lipinski definition) is 3. The van der Waals surface area contributed by atoms with Crippen LogP contribution in [0.1, 0.15) is 227 Å². The molecular weight excluding hydrogens is 937 g/mol. The molecule has 0 fully saturated rings. The molecule has 0 heterocycles. The maximum absolute atomic E-state index is 13.6. The number of carbonyl (C=O) groups excluding carboxylic acids is 6. The average Bonchev–Trinajstić information content (AvgIpc) is 3.38. The van der Waals surface area contributed by atoms with Crippen molar-refractivity contribution in [2.24, 2.45) is 0 Å². The van der Waals surface area contributed by atoms with Crippen molar-refractivity contribution >= 4 is 35.6 Å². The second-order valence-electron chi connectivity index (χ2n) is 19.3. The molecule has 0 aliphatic carbocycles. The Kier molecular flexibility index (Phi) is 51.8. The van der Waals surface area contributed by atoms with E-state index in [0.717, 1.165) is 109 Å². The van der Waals surface area contributed by atoms with Crippen LogP contribution in [0.25, 0.3) is 0 Å². The first-order chi connectivity index (χ1) is 36.1. The van der Waals surface area contributed by atoms with E-state index in [1.54, 1.807) is 0 Å². The van der Waals surface area contributed by atoms with Gasteiger partial charge < -0.3 is 39.8 Å². The molecule has 0 saturated carbocycles. The van der Waals surface area contributed by atoms with Gasteiger partial charge in [0.05, 0.1) is 26.3 Å². The maximum Gasteiger partial charge on any atom is 0.305 e. The molecule has 0 aromatic heterocycles. The summed E-state index contributed by atoms with van der Waals surface area (Å²) in [4.78, 5) is 78.2. The van der Waals surface area contributed by atoms with Crippen LogP contribution in [-0.2, 0) is 47.7 Å². The van der Waals surface area contributed by atoms with E-state index in [1.807, 2.05) is 6.92 Å². The van der Waals surface area contributed by atoms with Crippen LogP contribution in [0.15, 0.2) is 48.6 Å². The molecule has 426 valence electrons. The van der Waals surface area contributed by atoms with E-state index in [0.29, 0.717) is 78.0 Å². The van der Waals surface area contributed by atoms with Crippen LogP contribution >= 0.6 is 0 Å². The highest BCUT2D eigenvalue weighted by atomic mass is 16.5. The smallest absolute Gasteiger partial charge is 0.305 e. The number of allylic oxidation sites excluding steroid dienone is 8. The summed E-state index contributed by atoms with van der Waals surface area (Å²) in [6.07, 6.45) is 45.4. The van der Waals surface area contributed by atoms with E-state index in [-0.39, 0.29) is 68.8 Å². The average molecular weight is 1040 g/mol. The van der Waals surface area contributed by atoms with Gasteiger partial charge in [-0.05, 0) is 109 Å². The predicted molar refractivity (Wildman–Crippen MR) is 300 cm³/mol. The number of unbranched alkanes of at least 4 members (excludes halogenated alkanes) is 17. The standard InChI is InChI=1S/C60H106N4O10/c1-5-8-10-12-14-16-18-20-22-24-26-28-30-32-34-40-58(68)73-50-46-64(47-51-74-59(69)41-35-33-31-29-27-25-23-21-19-17-15-13-11-9-6-2)57(67)43-42-56(66)63-55(39-36-37-44-61-54(4)65)60(70)62-45-38-49-72-53-52-71-48-7-3/h14-17,20-23,55H,5-13,18-19,24-53H2,1-4H3,(H,61,65)(H,62,70)(H,63,66)/b16-14-,17-15-,22-20-,23-21-/t55-/m0/s1. The van der Waals surface area contributed by atoms with E-state index in [1.165, 1.54) is 50.3 Å². The summed E-state index contributed by atoms with van der Waals surface area (Å²) in [6, 6.07) is -0.827. The van der Waals surface area contributed by atoms with Gasteiger partial charge in [-0.1, -0.05) is 134 Å². The van der Waals surface area contributed by atoms with Gasteiger partial charge in [-0.15, -0.1) is 0 Å². The van der Waals surface area contributed by atoms with Crippen LogP contribution in [0.5, 0.6) is 0 Å². The first-order valence-corrected chi connectivity index (χ1v) is 29.3. The Morgan fingerprint density at radius 3 is 1.42 bits per heavy atom. The van der Waals surface area contributed by atoms with Crippen LogP contribution in [0.2, 0.25) is 0 Å². The fraction of sp³-hybridized carbons (Fsp3) is 0.767. The zero-order valence-electron chi connectivity index (χ0n) is 47.2. The molecule has 1 atom stereocenters. The van der Waals surface area contributed by atoms with Gasteiger partial charge in [-0.25, -0.2) is 0 Å². The molecule has 0 aliphatic rings. The number of nitrogens with one attached hydrogen (secondary N) is 3. The zero-order chi connectivity index (χ0) is 54.2. The van der Waals surface area contributed by atoms with Crippen molar-refractivity contribution in [2.45, 2.75) is 233 Å².